The molecule has 0 saturated carbocycles. The molecule has 2 atom stereocenters. The number of methoxy groups -OCH3 is 1. The van der Waals surface area contributed by atoms with Crippen LogP contribution in [0.25, 0.3) is 22.2 Å². The van der Waals surface area contributed by atoms with Gasteiger partial charge in [0, 0.05) is 46.4 Å². The molecule has 1 saturated heterocycles. The highest BCUT2D eigenvalue weighted by molar-refractivity contribution is 6.31. The zero-order valence-corrected chi connectivity index (χ0v) is 19.9. The second kappa shape index (κ2) is 8.13. The van der Waals surface area contributed by atoms with Crippen LogP contribution < -0.4 is 4.74 Å². The van der Waals surface area contributed by atoms with Gasteiger partial charge in [0.1, 0.15) is 5.75 Å². The molecule has 172 valence electrons. The van der Waals surface area contributed by atoms with Gasteiger partial charge in [0.15, 0.2) is 0 Å². The molecule has 2 aromatic carbocycles. The third kappa shape index (κ3) is 3.36. The highest BCUT2D eigenvalue weighted by atomic mass is 35.5. The van der Waals surface area contributed by atoms with Gasteiger partial charge in [-0.15, -0.1) is 0 Å². The predicted molar refractivity (Wildman–Crippen MR) is 132 cm³/mol. The summed E-state index contributed by atoms with van der Waals surface area (Å²) >= 11 is 6.38. The Bertz CT molecular complexity index is 1430. The molecule has 0 spiro atoms. The van der Waals surface area contributed by atoms with Gasteiger partial charge >= 0.3 is 0 Å². The molecule has 2 aromatic heterocycles. The van der Waals surface area contributed by atoms with E-state index in [1.807, 2.05) is 60.3 Å². The molecule has 0 radical (unpaired) electrons. The third-order valence-corrected chi connectivity index (χ3v) is 7.36. The van der Waals surface area contributed by atoms with E-state index in [-0.39, 0.29) is 18.0 Å². The minimum Gasteiger partial charge on any atom is -0.497 e. The standard InChI is InChI=1S/C27H25ClN4O2/c1-31-26(18-12-19(28)14-21(13-18)34-2)22-15-20-6-3-7-24(25(22)30-31)32(20)27(33)17-8-9-23-16(11-17)5-4-10-29-23/h4-5,8-14,20,24H,3,6-7,15H2,1-2H3/t20-,24+/m1/s1. The van der Waals surface area contributed by atoms with E-state index in [4.69, 9.17) is 21.4 Å². The lowest BCUT2D eigenvalue weighted by molar-refractivity contribution is 0.0392. The Morgan fingerprint density at radius 1 is 1.15 bits per heavy atom. The van der Waals surface area contributed by atoms with Crippen molar-refractivity contribution in [2.45, 2.75) is 37.8 Å². The number of benzene rings is 2. The second-order valence-corrected chi connectivity index (χ2v) is 9.58. The molecule has 7 heteroatoms. The molecule has 2 bridgehead atoms. The zero-order valence-electron chi connectivity index (χ0n) is 19.2. The summed E-state index contributed by atoms with van der Waals surface area (Å²) in [6.07, 6.45) is 5.56. The van der Waals surface area contributed by atoms with Crippen molar-refractivity contribution in [2.75, 3.05) is 7.11 Å². The van der Waals surface area contributed by atoms with Gasteiger partial charge in [-0.1, -0.05) is 17.7 Å². The number of hydrogen-bond acceptors (Lipinski definition) is 4. The summed E-state index contributed by atoms with van der Waals surface area (Å²) in [6, 6.07) is 15.6. The van der Waals surface area contributed by atoms with Crippen LogP contribution in [-0.2, 0) is 13.5 Å². The van der Waals surface area contributed by atoms with Gasteiger partial charge in [0.05, 0.1) is 30.1 Å². The number of amides is 1. The van der Waals surface area contributed by atoms with E-state index in [2.05, 4.69) is 9.88 Å². The molecule has 1 amide bonds. The molecule has 34 heavy (non-hydrogen) atoms. The van der Waals surface area contributed by atoms with Crippen LogP contribution in [0.4, 0.5) is 0 Å². The van der Waals surface area contributed by atoms with Crippen LogP contribution in [0.1, 0.15) is 46.9 Å². The van der Waals surface area contributed by atoms with Crippen molar-refractivity contribution in [2.24, 2.45) is 7.05 Å². The summed E-state index contributed by atoms with van der Waals surface area (Å²) in [6.45, 7) is 0. The molecule has 0 N–H and O–H groups in total. The van der Waals surface area contributed by atoms with Crippen LogP contribution in [0.5, 0.6) is 5.75 Å². The Morgan fingerprint density at radius 3 is 2.88 bits per heavy atom. The maximum absolute atomic E-state index is 13.8. The maximum Gasteiger partial charge on any atom is 0.254 e. The first-order valence-electron chi connectivity index (χ1n) is 11.6. The topological polar surface area (TPSA) is 60.2 Å². The number of ether oxygens (including phenoxy) is 1. The Balaban J connectivity index is 1.42. The van der Waals surface area contributed by atoms with Crippen LogP contribution in [0, 0.1) is 0 Å². The number of nitrogens with zero attached hydrogens (tertiary/aromatic N) is 4. The van der Waals surface area contributed by atoms with Crippen molar-refractivity contribution in [3.05, 3.63) is 76.6 Å². The van der Waals surface area contributed by atoms with Gasteiger partial charge in [-0.25, -0.2) is 0 Å². The summed E-state index contributed by atoms with van der Waals surface area (Å²) in [5.41, 5.74) is 5.86. The van der Waals surface area contributed by atoms with E-state index in [0.717, 1.165) is 59.3 Å². The highest BCUT2D eigenvalue weighted by Gasteiger charge is 2.43. The number of rotatable bonds is 3. The molecule has 0 aliphatic carbocycles. The van der Waals surface area contributed by atoms with Crippen LogP contribution >= 0.6 is 11.6 Å². The fourth-order valence-corrected chi connectivity index (χ4v) is 5.91. The van der Waals surface area contributed by atoms with E-state index in [0.29, 0.717) is 10.6 Å². The predicted octanol–water partition coefficient (Wildman–Crippen LogP) is 5.59. The van der Waals surface area contributed by atoms with Gasteiger partial charge in [0.2, 0.25) is 0 Å². The van der Waals surface area contributed by atoms with Crippen molar-refractivity contribution in [3.63, 3.8) is 0 Å². The number of carbonyl (C=O) groups is 1. The Hall–Kier alpha value is -3.38. The number of fused-ring (bicyclic) bond motifs is 5. The average molecular weight is 473 g/mol. The van der Waals surface area contributed by atoms with Crippen molar-refractivity contribution >= 4 is 28.4 Å². The molecule has 6 nitrogen and oxygen atoms in total. The number of aryl methyl sites for hydroxylation is 1. The van der Waals surface area contributed by atoms with Crippen LogP contribution in [0.3, 0.4) is 0 Å². The number of hydrogen-bond donors (Lipinski definition) is 0. The van der Waals surface area contributed by atoms with Crippen molar-refractivity contribution in [1.82, 2.24) is 19.7 Å². The molecule has 0 unspecified atom stereocenters. The van der Waals surface area contributed by atoms with E-state index in [9.17, 15) is 4.79 Å². The minimum absolute atomic E-state index is 0.0272. The van der Waals surface area contributed by atoms with Gasteiger partial charge in [0.25, 0.3) is 5.91 Å². The fourth-order valence-electron chi connectivity index (χ4n) is 5.68. The summed E-state index contributed by atoms with van der Waals surface area (Å²) < 4.78 is 7.38. The van der Waals surface area contributed by atoms with Gasteiger partial charge in [-0.3, -0.25) is 14.5 Å². The SMILES string of the molecule is COc1cc(Cl)cc(-c2c3c(nn2C)[C@@H]2CCC[C@H](C3)N2C(=O)c2ccc3ncccc3c2)c1. The van der Waals surface area contributed by atoms with Crippen molar-refractivity contribution < 1.29 is 9.53 Å². The third-order valence-electron chi connectivity index (χ3n) is 7.14. The van der Waals surface area contributed by atoms with Crippen molar-refractivity contribution in [3.8, 4) is 17.0 Å². The number of piperidine rings is 1. The quantitative estimate of drug-likeness (QED) is 0.390. The summed E-state index contributed by atoms with van der Waals surface area (Å²) in [5, 5.41) is 6.54. The smallest absolute Gasteiger partial charge is 0.254 e. The van der Waals surface area contributed by atoms with Crippen molar-refractivity contribution in [1.29, 1.82) is 0 Å². The largest absolute Gasteiger partial charge is 0.497 e. The average Bonchev–Trinajstić information content (AvgIpc) is 3.18. The normalized spacial score (nSPS) is 19.2. The first-order valence-corrected chi connectivity index (χ1v) is 12.0. The van der Waals surface area contributed by atoms with Gasteiger partial charge in [-0.2, -0.15) is 5.10 Å². The lowest BCUT2D eigenvalue weighted by Crippen LogP contribution is -2.49. The van der Waals surface area contributed by atoms with Crippen LogP contribution in [0.2, 0.25) is 5.02 Å². The fraction of sp³-hybridized carbons (Fsp3) is 0.296. The van der Waals surface area contributed by atoms with Crippen LogP contribution in [0.15, 0.2) is 54.7 Å². The Kier molecular flexibility index (Phi) is 5.06. The summed E-state index contributed by atoms with van der Waals surface area (Å²) in [7, 11) is 3.61. The first kappa shape index (κ1) is 21.2. The molecule has 1 fully saturated rings. The van der Waals surface area contributed by atoms with E-state index in [1.54, 1.807) is 13.3 Å². The van der Waals surface area contributed by atoms with E-state index >= 15 is 0 Å². The second-order valence-electron chi connectivity index (χ2n) is 9.14. The maximum atomic E-state index is 13.8. The van der Waals surface area contributed by atoms with Gasteiger partial charge < -0.3 is 9.64 Å². The summed E-state index contributed by atoms with van der Waals surface area (Å²) in [4.78, 5) is 20.3. The number of halogens is 1. The monoisotopic (exact) mass is 472 g/mol. The molecular weight excluding hydrogens is 448 g/mol. The number of pyridine rings is 1. The van der Waals surface area contributed by atoms with E-state index in [1.165, 1.54) is 5.56 Å². The molecule has 4 heterocycles. The van der Waals surface area contributed by atoms with E-state index < -0.39 is 0 Å². The number of aromatic nitrogens is 3. The summed E-state index contributed by atoms with van der Waals surface area (Å²) in [5.74, 6) is 0.791. The molecule has 4 aromatic rings. The Morgan fingerprint density at radius 2 is 2.03 bits per heavy atom. The Labute approximate surface area is 203 Å². The minimum atomic E-state index is -0.0272. The van der Waals surface area contributed by atoms with Crippen LogP contribution in [-0.4, -0.2) is 38.7 Å². The van der Waals surface area contributed by atoms with Gasteiger partial charge in [-0.05, 0) is 68.1 Å². The molecule has 2 aliphatic rings. The lowest BCUT2D eigenvalue weighted by Gasteiger charge is -2.45. The highest BCUT2D eigenvalue weighted by Crippen LogP contribution is 2.45. The first-order chi connectivity index (χ1) is 16.5. The molecule has 6 rings (SSSR count). The molecule has 2 aliphatic heterocycles. The number of carbonyl (C=O) groups excluding carboxylic acids is 1. The zero-order chi connectivity index (χ0) is 23.4. The molecular formula is C27H25ClN4O2. The lowest BCUT2D eigenvalue weighted by atomic mass is 9.81.